The highest BCUT2D eigenvalue weighted by Crippen LogP contribution is 2.29. The van der Waals surface area contributed by atoms with Gasteiger partial charge in [-0.15, -0.1) is 0 Å². The number of fused-ring (bicyclic) bond motifs is 1. The summed E-state index contributed by atoms with van der Waals surface area (Å²) in [6, 6.07) is 9.64. The first kappa shape index (κ1) is 13.6. The molecule has 0 aromatic heterocycles. The number of aliphatic hydroxyl groups is 2. The van der Waals surface area contributed by atoms with Crippen molar-refractivity contribution in [3.8, 4) is 11.5 Å². The molecule has 0 aliphatic carbocycles. The zero-order chi connectivity index (χ0) is 13.7. The SMILES string of the molecule is Cc1c(OCCO)ccc2cc(OCCO)ccc12. The molecule has 2 N–H and O–H groups in total. The van der Waals surface area contributed by atoms with Gasteiger partial charge in [0.05, 0.1) is 13.2 Å². The predicted octanol–water partition coefficient (Wildman–Crippen LogP) is 1.89. The van der Waals surface area contributed by atoms with Crippen molar-refractivity contribution >= 4 is 10.8 Å². The van der Waals surface area contributed by atoms with Gasteiger partial charge >= 0.3 is 0 Å². The molecule has 4 heteroatoms. The molecule has 102 valence electrons. The summed E-state index contributed by atoms with van der Waals surface area (Å²) in [5, 5.41) is 19.7. The van der Waals surface area contributed by atoms with E-state index in [0.29, 0.717) is 13.2 Å². The largest absolute Gasteiger partial charge is 0.491 e. The van der Waals surface area contributed by atoms with Crippen molar-refractivity contribution in [2.75, 3.05) is 26.4 Å². The van der Waals surface area contributed by atoms with Gasteiger partial charge in [-0.2, -0.15) is 0 Å². The van der Waals surface area contributed by atoms with Crippen LogP contribution in [-0.2, 0) is 0 Å². The van der Waals surface area contributed by atoms with E-state index in [1.807, 2.05) is 37.3 Å². The highest BCUT2D eigenvalue weighted by atomic mass is 16.5. The Labute approximate surface area is 112 Å². The molecule has 4 nitrogen and oxygen atoms in total. The van der Waals surface area contributed by atoms with Crippen molar-refractivity contribution in [1.29, 1.82) is 0 Å². The van der Waals surface area contributed by atoms with E-state index in [0.717, 1.165) is 27.8 Å². The fraction of sp³-hybridized carbons (Fsp3) is 0.333. The molecule has 0 radical (unpaired) electrons. The summed E-state index contributed by atoms with van der Waals surface area (Å²) in [5.41, 5.74) is 1.04. The van der Waals surface area contributed by atoms with Gasteiger partial charge in [-0.05, 0) is 41.5 Å². The molecule has 0 saturated heterocycles. The van der Waals surface area contributed by atoms with Crippen LogP contribution in [0, 0.1) is 6.92 Å². The van der Waals surface area contributed by atoms with Crippen LogP contribution in [0.3, 0.4) is 0 Å². The molecule has 0 fully saturated rings. The van der Waals surface area contributed by atoms with E-state index in [4.69, 9.17) is 19.7 Å². The zero-order valence-electron chi connectivity index (χ0n) is 10.9. The number of hydrogen-bond acceptors (Lipinski definition) is 4. The molecule has 0 unspecified atom stereocenters. The monoisotopic (exact) mass is 262 g/mol. The smallest absolute Gasteiger partial charge is 0.122 e. The Balaban J connectivity index is 2.30. The summed E-state index contributed by atoms with van der Waals surface area (Å²) in [5.74, 6) is 1.52. The topological polar surface area (TPSA) is 58.9 Å². The molecule has 2 aromatic carbocycles. The molecule has 0 aliphatic rings. The lowest BCUT2D eigenvalue weighted by Gasteiger charge is -2.12. The van der Waals surface area contributed by atoms with Gasteiger partial charge in [0.15, 0.2) is 0 Å². The number of aryl methyl sites for hydroxylation is 1. The van der Waals surface area contributed by atoms with E-state index in [2.05, 4.69) is 0 Å². The van der Waals surface area contributed by atoms with Crippen molar-refractivity contribution in [2.24, 2.45) is 0 Å². The van der Waals surface area contributed by atoms with Gasteiger partial charge in [-0.1, -0.05) is 12.1 Å². The van der Waals surface area contributed by atoms with Gasteiger partial charge < -0.3 is 19.7 Å². The van der Waals surface area contributed by atoms with Gasteiger partial charge in [-0.25, -0.2) is 0 Å². The van der Waals surface area contributed by atoms with Gasteiger partial charge in [0.1, 0.15) is 24.7 Å². The highest BCUT2D eigenvalue weighted by molar-refractivity contribution is 5.88. The van der Waals surface area contributed by atoms with Crippen LogP contribution in [0.2, 0.25) is 0 Å². The summed E-state index contributed by atoms with van der Waals surface area (Å²) in [4.78, 5) is 0. The van der Waals surface area contributed by atoms with Crippen LogP contribution < -0.4 is 9.47 Å². The lowest BCUT2D eigenvalue weighted by atomic mass is 10.0. The maximum atomic E-state index is 8.79. The average molecular weight is 262 g/mol. The third-order valence-corrected chi connectivity index (χ3v) is 2.92. The molecule has 0 bridgehead atoms. The lowest BCUT2D eigenvalue weighted by Crippen LogP contribution is -2.03. The Morgan fingerprint density at radius 1 is 0.947 bits per heavy atom. The van der Waals surface area contributed by atoms with Crippen molar-refractivity contribution in [3.05, 3.63) is 35.9 Å². The summed E-state index contributed by atoms with van der Waals surface area (Å²) in [6.45, 7) is 2.59. The number of hydrogen-bond donors (Lipinski definition) is 2. The predicted molar refractivity (Wildman–Crippen MR) is 73.8 cm³/mol. The van der Waals surface area contributed by atoms with Crippen LogP contribution >= 0.6 is 0 Å². The first-order chi connectivity index (χ1) is 9.26. The molecular weight excluding hydrogens is 244 g/mol. The van der Waals surface area contributed by atoms with Crippen LogP contribution in [0.15, 0.2) is 30.3 Å². The maximum absolute atomic E-state index is 8.79. The Bertz CT molecular complexity index is 551. The number of rotatable bonds is 6. The van der Waals surface area contributed by atoms with E-state index < -0.39 is 0 Å². The van der Waals surface area contributed by atoms with E-state index >= 15 is 0 Å². The molecule has 0 amide bonds. The molecule has 0 atom stereocenters. The molecule has 0 saturated carbocycles. The lowest BCUT2D eigenvalue weighted by molar-refractivity contribution is 0.200. The van der Waals surface area contributed by atoms with Crippen molar-refractivity contribution in [3.63, 3.8) is 0 Å². The third-order valence-electron chi connectivity index (χ3n) is 2.92. The average Bonchev–Trinajstić information content (AvgIpc) is 2.44. The van der Waals surface area contributed by atoms with Gasteiger partial charge in [0.2, 0.25) is 0 Å². The summed E-state index contributed by atoms with van der Waals surface area (Å²) in [7, 11) is 0. The van der Waals surface area contributed by atoms with Gasteiger partial charge in [-0.3, -0.25) is 0 Å². The van der Waals surface area contributed by atoms with Gasteiger partial charge in [0.25, 0.3) is 0 Å². The first-order valence-electron chi connectivity index (χ1n) is 6.27. The van der Waals surface area contributed by atoms with Crippen LogP contribution in [0.5, 0.6) is 11.5 Å². The molecule has 2 rings (SSSR count). The Morgan fingerprint density at radius 3 is 2.42 bits per heavy atom. The van der Waals surface area contributed by atoms with Crippen LogP contribution in [-0.4, -0.2) is 36.6 Å². The molecule has 0 spiro atoms. The highest BCUT2D eigenvalue weighted by Gasteiger charge is 2.05. The second-order valence-corrected chi connectivity index (χ2v) is 4.22. The fourth-order valence-corrected chi connectivity index (χ4v) is 2.01. The summed E-state index contributed by atoms with van der Waals surface area (Å²) >= 11 is 0. The van der Waals surface area contributed by atoms with Crippen molar-refractivity contribution < 1.29 is 19.7 Å². The van der Waals surface area contributed by atoms with E-state index in [1.54, 1.807) is 0 Å². The third kappa shape index (κ3) is 3.16. The molecule has 0 heterocycles. The number of benzene rings is 2. The van der Waals surface area contributed by atoms with Crippen LogP contribution in [0.1, 0.15) is 5.56 Å². The molecular formula is C15H18O4. The second-order valence-electron chi connectivity index (χ2n) is 4.22. The Kier molecular flexibility index (Phi) is 4.60. The van der Waals surface area contributed by atoms with Crippen LogP contribution in [0.25, 0.3) is 10.8 Å². The minimum atomic E-state index is 0.00496. The minimum absolute atomic E-state index is 0.00496. The quantitative estimate of drug-likeness (QED) is 0.834. The van der Waals surface area contributed by atoms with E-state index in [1.165, 1.54) is 0 Å². The van der Waals surface area contributed by atoms with Gasteiger partial charge in [0, 0.05) is 0 Å². The Morgan fingerprint density at radius 2 is 1.68 bits per heavy atom. The van der Waals surface area contributed by atoms with E-state index in [-0.39, 0.29) is 13.2 Å². The summed E-state index contributed by atoms with van der Waals surface area (Å²) < 4.78 is 10.9. The summed E-state index contributed by atoms with van der Waals surface area (Å²) in [6.07, 6.45) is 0. The van der Waals surface area contributed by atoms with Crippen LogP contribution in [0.4, 0.5) is 0 Å². The molecule has 0 aliphatic heterocycles. The first-order valence-corrected chi connectivity index (χ1v) is 6.27. The van der Waals surface area contributed by atoms with E-state index in [9.17, 15) is 0 Å². The second kappa shape index (κ2) is 6.41. The normalized spacial score (nSPS) is 10.7. The molecule has 2 aromatic rings. The standard InChI is InChI=1S/C15H18O4/c1-11-14-4-3-13(18-8-6-16)10-12(14)2-5-15(11)19-9-7-17/h2-5,10,16-17H,6-9H2,1H3. The fourth-order valence-electron chi connectivity index (χ4n) is 2.01. The maximum Gasteiger partial charge on any atom is 0.122 e. The van der Waals surface area contributed by atoms with Crippen molar-refractivity contribution in [2.45, 2.75) is 6.92 Å². The number of ether oxygens (including phenoxy) is 2. The number of aliphatic hydroxyl groups excluding tert-OH is 2. The Hall–Kier alpha value is -1.78. The zero-order valence-corrected chi connectivity index (χ0v) is 10.9. The minimum Gasteiger partial charge on any atom is -0.491 e. The van der Waals surface area contributed by atoms with Crippen molar-refractivity contribution in [1.82, 2.24) is 0 Å². The molecule has 19 heavy (non-hydrogen) atoms.